The van der Waals surface area contributed by atoms with E-state index in [0.717, 1.165) is 52.2 Å². The molecule has 5 aromatic rings. The van der Waals surface area contributed by atoms with E-state index in [-0.39, 0.29) is 5.95 Å². The van der Waals surface area contributed by atoms with Gasteiger partial charge in [-0.05, 0) is 66.3 Å². The Morgan fingerprint density at radius 2 is 1.63 bits per heavy atom. The fourth-order valence-corrected chi connectivity index (χ4v) is 6.08. The van der Waals surface area contributed by atoms with Gasteiger partial charge >= 0.3 is 0 Å². The molecule has 7 rings (SSSR count). The summed E-state index contributed by atoms with van der Waals surface area (Å²) in [4.78, 5) is 29.6. The Morgan fingerprint density at radius 1 is 0.878 bits per heavy atom. The van der Waals surface area contributed by atoms with Gasteiger partial charge in [-0.3, -0.25) is 19.8 Å². The molecular formula is C29H33N11O. The van der Waals surface area contributed by atoms with E-state index in [4.69, 9.17) is 15.1 Å². The van der Waals surface area contributed by atoms with Crippen molar-refractivity contribution in [2.45, 2.75) is 32.0 Å². The van der Waals surface area contributed by atoms with Crippen LogP contribution in [0.2, 0.25) is 0 Å². The lowest BCUT2D eigenvalue weighted by atomic mass is 9.90. The van der Waals surface area contributed by atoms with Gasteiger partial charge in [0.15, 0.2) is 5.76 Å². The average Bonchev–Trinajstić information content (AvgIpc) is 3.69. The third-order valence-corrected chi connectivity index (χ3v) is 8.08. The second-order valence-electron chi connectivity index (χ2n) is 10.9. The van der Waals surface area contributed by atoms with Gasteiger partial charge in [-0.15, -0.1) is 5.10 Å². The lowest BCUT2D eigenvalue weighted by Gasteiger charge is -2.47. The van der Waals surface area contributed by atoms with Crippen molar-refractivity contribution in [2.24, 2.45) is 5.92 Å². The fourth-order valence-electron chi connectivity index (χ4n) is 6.08. The van der Waals surface area contributed by atoms with Gasteiger partial charge in [-0.1, -0.05) is 0 Å². The lowest BCUT2D eigenvalue weighted by molar-refractivity contribution is 0.0723. The number of pyridine rings is 2. The molecule has 0 unspecified atom stereocenters. The van der Waals surface area contributed by atoms with Gasteiger partial charge in [-0.2, -0.15) is 19.5 Å². The Hall–Kier alpha value is -4.42. The van der Waals surface area contributed by atoms with Gasteiger partial charge in [0.05, 0.1) is 6.26 Å². The van der Waals surface area contributed by atoms with Crippen molar-refractivity contribution < 1.29 is 4.42 Å². The Labute approximate surface area is 237 Å². The summed E-state index contributed by atoms with van der Waals surface area (Å²) in [5.74, 6) is 2.93. The summed E-state index contributed by atoms with van der Waals surface area (Å²) in [5, 5.41) is 4.42. The van der Waals surface area contributed by atoms with Gasteiger partial charge in [0.1, 0.15) is 0 Å². The normalized spacial score (nSPS) is 19.6. The van der Waals surface area contributed by atoms with Gasteiger partial charge < -0.3 is 15.1 Å². The van der Waals surface area contributed by atoms with Crippen LogP contribution >= 0.6 is 0 Å². The van der Waals surface area contributed by atoms with Crippen LogP contribution in [-0.4, -0.2) is 83.1 Å². The summed E-state index contributed by atoms with van der Waals surface area (Å²) < 4.78 is 6.90. The van der Waals surface area contributed by atoms with Crippen molar-refractivity contribution in [2.75, 3.05) is 43.4 Å². The highest BCUT2D eigenvalue weighted by atomic mass is 16.3. The van der Waals surface area contributed by atoms with E-state index in [0.29, 0.717) is 35.3 Å². The first-order valence-electron chi connectivity index (χ1n) is 14.1. The highest BCUT2D eigenvalue weighted by molar-refractivity contribution is 5.53. The molecule has 2 fully saturated rings. The molecule has 2 aliphatic heterocycles. The Kier molecular flexibility index (Phi) is 6.99. The Balaban J connectivity index is 1.01. The van der Waals surface area contributed by atoms with E-state index < -0.39 is 0 Å². The second-order valence-corrected chi connectivity index (χ2v) is 10.9. The van der Waals surface area contributed by atoms with E-state index in [2.05, 4.69) is 64.0 Å². The average molecular weight is 552 g/mol. The van der Waals surface area contributed by atoms with Crippen LogP contribution < -0.4 is 10.6 Å². The van der Waals surface area contributed by atoms with Crippen molar-refractivity contribution in [3.05, 3.63) is 78.6 Å². The molecule has 0 aromatic carbocycles. The van der Waals surface area contributed by atoms with Gasteiger partial charge in [-0.25, -0.2) is 0 Å². The van der Waals surface area contributed by atoms with Crippen LogP contribution in [0.15, 0.2) is 71.9 Å². The SMILES string of the molecule is Nc1nc(N2CCN3C[C@@H](CN(Cc4ccncc4)Cc4ccncc4)CC[C@H]3C2)nc2nc(-c3ccco3)nn12. The van der Waals surface area contributed by atoms with Crippen LogP contribution in [0, 0.1) is 5.92 Å². The number of piperazine rings is 1. The largest absolute Gasteiger partial charge is 0.461 e. The number of nitrogens with zero attached hydrogens (tertiary/aromatic N) is 10. The Morgan fingerprint density at radius 3 is 2.34 bits per heavy atom. The maximum Gasteiger partial charge on any atom is 0.259 e. The second kappa shape index (κ2) is 11.2. The summed E-state index contributed by atoms with van der Waals surface area (Å²) in [6.07, 6.45) is 11.4. The molecule has 0 aliphatic carbocycles. The summed E-state index contributed by atoms with van der Waals surface area (Å²) >= 11 is 0. The number of piperidine rings is 1. The third kappa shape index (κ3) is 5.61. The Bertz CT molecular complexity index is 1530. The number of anilines is 2. The standard InChI is InChI=1S/C29H33N11O/c30-27-34-28(35-29-33-26(36-40(27)29)25-2-1-15-41-25)39-14-13-38-19-23(3-4-24(38)20-39)18-37(16-21-5-9-31-10-6-21)17-22-7-11-32-12-8-22/h1-2,5-12,15,23-24H,3-4,13-14,16-20H2,(H2,30,33,34,35,36)/t23-,24+/m1/s1. The number of aromatic nitrogens is 7. The van der Waals surface area contributed by atoms with Crippen molar-refractivity contribution in [3.8, 4) is 11.6 Å². The minimum absolute atomic E-state index is 0.268. The molecule has 0 amide bonds. The van der Waals surface area contributed by atoms with Gasteiger partial charge in [0.2, 0.25) is 17.7 Å². The zero-order valence-corrected chi connectivity index (χ0v) is 22.8. The van der Waals surface area contributed by atoms with Crippen LogP contribution in [0.5, 0.6) is 0 Å². The molecule has 12 nitrogen and oxygen atoms in total. The molecular weight excluding hydrogens is 518 g/mol. The minimum atomic E-state index is 0.268. The predicted octanol–water partition coefficient (Wildman–Crippen LogP) is 2.75. The van der Waals surface area contributed by atoms with Crippen molar-refractivity contribution >= 4 is 17.7 Å². The number of furan rings is 1. The van der Waals surface area contributed by atoms with Crippen LogP contribution in [0.3, 0.4) is 0 Å². The van der Waals surface area contributed by atoms with Crippen molar-refractivity contribution in [1.29, 1.82) is 0 Å². The molecule has 210 valence electrons. The lowest BCUT2D eigenvalue weighted by Crippen LogP contribution is -2.57. The van der Waals surface area contributed by atoms with Crippen LogP contribution in [-0.2, 0) is 13.1 Å². The first-order chi connectivity index (χ1) is 20.2. The molecule has 0 spiro atoms. The number of nitrogens with two attached hydrogens (primary N) is 1. The van der Waals surface area contributed by atoms with Gasteiger partial charge in [0, 0.05) is 76.6 Å². The molecule has 7 heterocycles. The molecule has 0 bridgehead atoms. The van der Waals surface area contributed by atoms with E-state index >= 15 is 0 Å². The first-order valence-corrected chi connectivity index (χ1v) is 14.1. The number of nitrogen functional groups attached to an aromatic ring is 1. The molecule has 2 N–H and O–H groups in total. The highest BCUT2D eigenvalue weighted by Gasteiger charge is 2.34. The highest BCUT2D eigenvalue weighted by Crippen LogP contribution is 2.28. The molecule has 2 aliphatic rings. The molecule has 2 saturated heterocycles. The summed E-state index contributed by atoms with van der Waals surface area (Å²) in [6, 6.07) is 12.5. The number of hydrogen-bond donors (Lipinski definition) is 1. The van der Waals surface area contributed by atoms with E-state index in [9.17, 15) is 0 Å². The summed E-state index contributed by atoms with van der Waals surface area (Å²) in [6.45, 7) is 6.65. The minimum Gasteiger partial charge on any atom is -0.461 e. The van der Waals surface area contributed by atoms with Crippen molar-refractivity contribution in [3.63, 3.8) is 0 Å². The molecule has 0 radical (unpaired) electrons. The van der Waals surface area contributed by atoms with Crippen molar-refractivity contribution in [1.82, 2.24) is 44.3 Å². The zero-order valence-electron chi connectivity index (χ0n) is 22.8. The fraction of sp³-hybridized carbons (Fsp3) is 0.379. The first kappa shape index (κ1) is 25.5. The topological polar surface area (TPSA) is 131 Å². The molecule has 5 aromatic heterocycles. The van der Waals surface area contributed by atoms with Gasteiger partial charge in [0.25, 0.3) is 5.78 Å². The van der Waals surface area contributed by atoms with E-state index in [1.165, 1.54) is 22.1 Å². The molecule has 41 heavy (non-hydrogen) atoms. The smallest absolute Gasteiger partial charge is 0.259 e. The van der Waals surface area contributed by atoms with Crippen LogP contribution in [0.1, 0.15) is 24.0 Å². The maximum absolute atomic E-state index is 6.27. The summed E-state index contributed by atoms with van der Waals surface area (Å²) in [7, 11) is 0. The molecule has 0 saturated carbocycles. The van der Waals surface area contributed by atoms with Crippen LogP contribution in [0.4, 0.5) is 11.9 Å². The number of fused-ring (bicyclic) bond motifs is 2. The van der Waals surface area contributed by atoms with E-state index in [1.54, 1.807) is 12.3 Å². The van der Waals surface area contributed by atoms with Crippen LogP contribution in [0.25, 0.3) is 17.4 Å². The molecule has 12 heteroatoms. The summed E-state index contributed by atoms with van der Waals surface area (Å²) in [5.41, 5.74) is 8.84. The zero-order chi connectivity index (χ0) is 27.6. The third-order valence-electron chi connectivity index (χ3n) is 8.08. The quantitative estimate of drug-likeness (QED) is 0.305. The predicted molar refractivity (Wildman–Crippen MR) is 154 cm³/mol. The maximum atomic E-state index is 6.27. The van der Waals surface area contributed by atoms with E-state index in [1.807, 2.05) is 30.9 Å². The number of hydrogen-bond acceptors (Lipinski definition) is 11. The number of rotatable bonds is 8. The molecule has 2 atom stereocenters. The monoisotopic (exact) mass is 551 g/mol.